The fraction of sp³-hybridized carbons (Fsp3) is 0.348. The maximum absolute atomic E-state index is 12.6. The predicted octanol–water partition coefficient (Wildman–Crippen LogP) is 1.82. The lowest BCUT2D eigenvalue weighted by Gasteiger charge is -2.17. The zero-order valence-electron chi connectivity index (χ0n) is 19.8. The van der Waals surface area contributed by atoms with E-state index in [9.17, 15) is 32.8 Å². The van der Waals surface area contributed by atoms with Crippen LogP contribution < -0.4 is 30.7 Å². The van der Waals surface area contributed by atoms with Gasteiger partial charge in [-0.25, -0.2) is 4.98 Å². The lowest BCUT2D eigenvalue weighted by atomic mass is 9.96. The molecule has 9 nitrogen and oxygen atoms in total. The number of carbonyl (C=O) groups excluding carboxylic acids is 2. The van der Waals surface area contributed by atoms with Crippen molar-refractivity contribution < 1.29 is 22.8 Å². The third-order valence-corrected chi connectivity index (χ3v) is 5.33. The van der Waals surface area contributed by atoms with Crippen LogP contribution in [0.15, 0.2) is 34.8 Å². The van der Waals surface area contributed by atoms with Gasteiger partial charge >= 0.3 is 6.18 Å². The van der Waals surface area contributed by atoms with Crippen molar-refractivity contribution >= 4 is 46.2 Å². The Morgan fingerprint density at radius 2 is 1.89 bits per heavy atom. The largest absolute Gasteiger partial charge is 0.405 e. The molecule has 13 heteroatoms. The van der Waals surface area contributed by atoms with Gasteiger partial charge in [-0.3, -0.25) is 19.0 Å². The summed E-state index contributed by atoms with van der Waals surface area (Å²) in [6.45, 7) is 5.49. The van der Waals surface area contributed by atoms with Gasteiger partial charge in [0.25, 0.3) is 11.5 Å². The van der Waals surface area contributed by atoms with Crippen molar-refractivity contribution in [2.75, 3.05) is 17.2 Å². The van der Waals surface area contributed by atoms with Gasteiger partial charge in [-0.15, -0.1) is 0 Å². The van der Waals surface area contributed by atoms with Crippen LogP contribution in [0.3, 0.4) is 0 Å². The molecule has 0 bridgehead atoms. The van der Waals surface area contributed by atoms with Crippen LogP contribution in [0, 0.1) is 16.7 Å². The highest BCUT2D eigenvalue weighted by molar-refractivity contribution is 7.07. The van der Waals surface area contributed by atoms with Crippen LogP contribution in [0.1, 0.15) is 27.7 Å². The fourth-order valence-electron chi connectivity index (χ4n) is 2.46. The third kappa shape index (κ3) is 7.99. The van der Waals surface area contributed by atoms with Gasteiger partial charge in [0, 0.05) is 18.2 Å². The number of thiazole rings is 1. The molecular formula is C23H23F3N6O3S. The Hall–Kier alpha value is -4.10. The van der Waals surface area contributed by atoms with Crippen molar-refractivity contribution in [1.29, 1.82) is 5.26 Å². The van der Waals surface area contributed by atoms with E-state index in [1.807, 2.05) is 0 Å². The first-order valence-corrected chi connectivity index (χ1v) is 11.3. The first-order chi connectivity index (χ1) is 16.7. The van der Waals surface area contributed by atoms with Crippen molar-refractivity contribution in [3.05, 3.63) is 49.5 Å². The summed E-state index contributed by atoms with van der Waals surface area (Å²) in [6.07, 6.45) is -3.32. The number of rotatable bonds is 6. The lowest BCUT2D eigenvalue weighted by molar-refractivity contribution is -0.136. The van der Waals surface area contributed by atoms with Crippen LogP contribution in [0.25, 0.3) is 11.5 Å². The third-order valence-electron chi connectivity index (χ3n) is 4.31. The number of hydrogen-bond donors (Lipinski definition) is 3. The molecule has 0 unspecified atom stereocenters. The van der Waals surface area contributed by atoms with Gasteiger partial charge in [0.15, 0.2) is 5.57 Å². The highest BCUT2D eigenvalue weighted by atomic mass is 32.1. The summed E-state index contributed by atoms with van der Waals surface area (Å²) in [6, 6.07) is 6.41. The molecule has 36 heavy (non-hydrogen) atoms. The van der Waals surface area contributed by atoms with Crippen LogP contribution in [-0.4, -0.2) is 34.1 Å². The van der Waals surface area contributed by atoms with E-state index in [-0.39, 0.29) is 21.6 Å². The molecule has 0 atom stereocenters. The Kier molecular flexibility index (Phi) is 9.03. The van der Waals surface area contributed by atoms with Crippen molar-refractivity contribution in [3.8, 4) is 6.07 Å². The fourth-order valence-corrected chi connectivity index (χ4v) is 3.44. The number of carbonyl (C=O) groups is 2. The molecule has 3 N–H and O–H groups in total. The maximum atomic E-state index is 12.6. The first kappa shape index (κ1) is 28.1. The van der Waals surface area contributed by atoms with Gasteiger partial charge in [0.2, 0.25) is 5.91 Å². The standard InChI is InChI=1S/C23H23F3N6O3S/c1-5-32-18(11-14(12-27)19(33)29-13-23(24,25)26)36-15(20(32)34)9-10-28-16-7-6-8-17(30-16)31-21(35)22(2,3)4/h6-8,10H,5,13H2,1-4H3,(H,29,33)(H2,28,30,31,35). The smallest absolute Gasteiger partial charge is 0.342 e. The molecule has 0 saturated heterocycles. The summed E-state index contributed by atoms with van der Waals surface area (Å²) >= 11 is 0.850. The van der Waals surface area contributed by atoms with Gasteiger partial charge in [0.05, 0.1) is 0 Å². The van der Waals surface area contributed by atoms with Crippen LogP contribution in [0.5, 0.6) is 0 Å². The van der Waals surface area contributed by atoms with Gasteiger partial charge in [-0.05, 0) is 19.1 Å². The van der Waals surface area contributed by atoms with Crippen molar-refractivity contribution in [2.45, 2.75) is 40.4 Å². The average Bonchev–Trinajstić information content (AvgIpc) is 3.09. The molecule has 2 amide bonds. The SMILES string of the molecule is CCn1c(=C=C(C#N)C(=O)NCC(F)(F)F)sc(=C=CNc2cccc(NC(=O)C(C)(C)C)n2)c1=O. The van der Waals surface area contributed by atoms with E-state index in [1.165, 1.54) is 16.8 Å². The van der Waals surface area contributed by atoms with Gasteiger partial charge < -0.3 is 16.0 Å². The summed E-state index contributed by atoms with van der Waals surface area (Å²) in [7, 11) is 0. The number of aromatic nitrogens is 2. The second-order valence-corrected chi connectivity index (χ2v) is 9.24. The number of hydrogen-bond acceptors (Lipinski definition) is 7. The number of nitrogens with one attached hydrogen (secondary N) is 3. The van der Waals surface area contributed by atoms with Gasteiger partial charge in [-0.1, -0.05) is 49.6 Å². The molecule has 0 spiro atoms. The number of anilines is 2. The Morgan fingerprint density at radius 3 is 2.47 bits per heavy atom. The number of nitriles is 1. The van der Waals surface area contributed by atoms with Crippen LogP contribution >= 0.6 is 11.3 Å². The molecule has 0 aliphatic rings. The minimum Gasteiger partial charge on any atom is -0.342 e. The van der Waals surface area contributed by atoms with E-state index >= 15 is 0 Å². The molecule has 0 radical (unpaired) electrons. The molecule has 0 aliphatic carbocycles. The Labute approximate surface area is 208 Å². The number of amides is 2. The van der Waals surface area contributed by atoms with E-state index in [0.717, 1.165) is 11.3 Å². The Bertz CT molecular complexity index is 1450. The van der Waals surface area contributed by atoms with Crippen LogP contribution in [-0.2, 0) is 16.1 Å². The summed E-state index contributed by atoms with van der Waals surface area (Å²) in [5, 5.41) is 16.3. The number of alkyl halides is 3. The van der Waals surface area contributed by atoms with Crippen LogP contribution in [0.2, 0.25) is 0 Å². The molecule has 0 saturated carbocycles. The Balaban J connectivity index is 2.41. The van der Waals surface area contributed by atoms with Gasteiger partial charge in [-0.2, -0.15) is 18.4 Å². The van der Waals surface area contributed by atoms with E-state index in [0.29, 0.717) is 11.6 Å². The number of halogens is 3. The summed E-state index contributed by atoms with van der Waals surface area (Å²) < 4.78 is 38.4. The zero-order chi connectivity index (χ0) is 27.1. The number of nitrogens with zero attached hydrogens (tertiary/aromatic N) is 3. The second-order valence-electron chi connectivity index (χ2n) is 8.24. The highest BCUT2D eigenvalue weighted by Gasteiger charge is 2.28. The molecule has 2 rings (SSSR count). The first-order valence-electron chi connectivity index (χ1n) is 10.5. The van der Waals surface area contributed by atoms with Crippen molar-refractivity contribution in [3.63, 3.8) is 0 Å². The van der Waals surface area contributed by atoms with Crippen LogP contribution in [0.4, 0.5) is 24.8 Å². The van der Waals surface area contributed by atoms with Crippen molar-refractivity contribution in [1.82, 2.24) is 14.9 Å². The summed E-state index contributed by atoms with van der Waals surface area (Å²) in [5.41, 5.74) is 3.37. The molecular weight excluding hydrogens is 497 g/mol. The van der Waals surface area contributed by atoms with Crippen molar-refractivity contribution in [2.24, 2.45) is 5.41 Å². The van der Waals surface area contributed by atoms with E-state index < -0.39 is 35.2 Å². The molecule has 0 aliphatic heterocycles. The molecule has 2 aromatic heterocycles. The predicted molar refractivity (Wildman–Crippen MR) is 129 cm³/mol. The lowest BCUT2D eigenvalue weighted by Crippen LogP contribution is -2.34. The molecule has 2 heterocycles. The molecule has 190 valence electrons. The summed E-state index contributed by atoms with van der Waals surface area (Å²) in [4.78, 5) is 40.9. The molecule has 0 fully saturated rings. The van der Waals surface area contributed by atoms with E-state index in [1.54, 1.807) is 51.2 Å². The number of pyridine rings is 1. The summed E-state index contributed by atoms with van der Waals surface area (Å²) in [5.74, 6) is -0.784. The molecule has 0 aromatic carbocycles. The minimum atomic E-state index is -4.64. The average molecular weight is 521 g/mol. The molecule has 2 aromatic rings. The van der Waals surface area contributed by atoms with Gasteiger partial charge in [0.1, 0.15) is 33.4 Å². The highest BCUT2D eigenvalue weighted by Crippen LogP contribution is 2.17. The topological polar surface area (TPSA) is 129 Å². The minimum absolute atomic E-state index is 0.0714. The zero-order valence-corrected chi connectivity index (χ0v) is 20.6. The maximum Gasteiger partial charge on any atom is 0.405 e. The Morgan fingerprint density at radius 1 is 1.22 bits per heavy atom. The van der Waals surface area contributed by atoms with E-state index in [4.69, 9.17) is 0 Å². The monoisotopic (exact) mass is 520 g/mol. The van der Waals surface area contributed by atoms with E-state index in [2.05, 4.69) is 27.1 Å². The quantitative estimate of drug-likeness (QED) is 0.394. The normalized spacial score (nSPS) is 10.9. The second kappa shape index (κ2) is 11.6.